The maximum absolute atomic E-state index is 13.0. The van der Waals surface area contributed by atoms with Crippen molar-refractivity contribution in [3.8, 4) is 0 Å². The topological polar surface area (TPSA) is 55.9 Å². The van der Waals surface area contributed by atoms with E-state index in [-0.39, 0.29) is 23.5 Å². The van der Waals surface area contributed by atoms with Crippen molar-refractivity contribution >= 4 is 17.5 Å². The van der Waals surface area contributed by atoms with Crippen LogP contribution in [0.5, 0.6) is 0 Å². The predicted octanol–water partition coefficient (Wildman–Crippen LogP) is 2.36. The largest absolute Gasteiger partial charge is 0.378 e. The number of carbonyl (C=O) groups excluding carboxylic acids is 2. The quantitative estimate of drug-likeness (QED) is 0.847. The second-order valence-corrected chi connectivity index (χ2v) is 8.55. The summed E-state index contributed by atoms with van der Waals surface area (Å²) in [4.78, 5) is 31.7. The SMILES string of the molecule is CN(C)c1cccc(C(=O)N2CCC3(CC2)NC(Cc2ccccc2)C(=O)N3C)c1. The van der Waals surface area contributed by atoms with E-state index in [4.69, 9.17) is 0 Å². The van der Waals surface area contributed by atoms with Crippen LogP contribution in [0.3, 0.4) is 0 Å². The second-order valence-electron chi connectivity index (χ2n) is 8.55. The highest BCUT2D eigenvalue weighted by atomic mass is 16.2. The highest BCUT2D eigenvalue weighted by Crippen LogP contribution is 2.32. The van der Waals surface area contributed by atoms with Crippen molar-refractivity contribution < 1.29 is 9.59 Å². The standard InChI is InChI=1S/C24H30N4O2/c1-26(2)20-11-7-10-19(17-20)22(29)28-14-12-24(13-15-28)25-21(23(30)27(24)3)16-18-8-5-4-6-9-18/h4-11,17,21,25H,12-16H2,1-3H3. The lowest BCUT2D eigenvalue weighted by Gasteiger charge is -2.43. The van der Waals surface area contributed by atoms with Crippen LogP contribution in [-0.4, -0.2) is 67.6 Å². The molecule has 2 saturated heterocycles. The summed E-state index contributed by atoms with van der Waals surface area (Å²) < 4.78 is 0. The van der Waals surface area contributed by atoms with Crippen molar-refractivity contribution in [2.45, 2.75) is 31.0 Å². The Labute approximate surface area is 178 Å². The van der Waals surface area contributed by atoms with Crippen LogP contribution in [0.15, 0.2) is 54.6 Å². The number of rotatable bonds is 4. The van der Waals surface area contributed by atoms with Crippen LogP contribution >= 0.6 is 0 Å². The van der Waals surface area contributed by atoms with Crippen LogP contribution in [0.25, 0.3) is 0 Å². The molecule has 1 N–H and O–H groups in total. The van der Waals surface area contributed by atoms with Gasteiger partial charge in [0.2, 0.25) is 5.91 Å². The van der Waals surface area contributed by atoms with Crippen molar-refractivity contribution in [3.63, 3.8) is 0 Å². The Hall–Kier alpha value is -2.86. The van der Waals surface area contributed by atoms with E-state index in [0.29, 0.717) is 25.1 Å². The fourth-order valence-corrected chi connectivity index (χ4v) is 4.57. The zero-order valence-corrected chi connectivity index (χ0v) is 18.0. The maximum atomic E-state index is 13.0. The lowest BCUT2D eigenvalue weighted by Crippen LogP contribution is -2.58. The minimum atomic E-state index is -0.362. The van der Waals surface area contributed by atoms with Crippen molar-refractivity contribution in [3.05, 3.63) is 65.7 Å². The summed E-state index contributed by atoms with van der Waals surface area (Å²) in [6, 6.07) is 17.6. The number of piperidine rings is 1. The van der Waals surface area contributed by atoms with Gasteiger partial charge in [-0.05, 0) is 30.2 Å². The zero-order valence-electron chi connectivity index (χ0n) is 18.0. The van der Waals surface area contributed by atoms with Crippen LogP contribution in [0, 0.1) is 0 Å². The first-order valence-electron chi connectivity index (χ1n) is 10.6. The highest BCUT2D eigenvalue weighted by Gasteiger charge is 2.50. The van der Waals surface area contributed by atoms with Gasteiger partial charge >= 0.3 is 0 Å². The average Bonchev–Trinajstić information content (AvgIpc) is 2.99. The third-order valence-electron chi connectivity index (χ3n) is 6.48. The summed E-state index contributed by atoms with van der Waals surface area (Å²) in [5.74, 6) is 0.193. The van der Waals surface area contributed by atoms with Crippen molar-refractivity contribution in [1.29, 1.82) is 0 Å². The number of anilines is 1. The lowest BCUT2D eigenvalue weighted by molar-refractivity contribution is -0.131. The molecular formula is C24H30N4O2. The molecule has 2 amide bonds. The summed E-state index contributed by atoms with van der Waals surface area (Å²) in [6.45, 7) is 1.27. The predicted molar refractivity (Wildman–Crippen MR) is 118 cm³/mol. The molecule has 2 aromatic carbocycles. The number of nitrogens with one attached hydrogen (secondary N) is 1. The smallest absolute Gasteiger partial charge is 0.253 e. The number of benzene rings is 2. The van der Waals surface area contributed by atoms with E-state index in [1.807, 2.05) is 78.3 Å². The summed E-state index contributed by atoms with van der Waals surface area (Å²) >= 11 is 0. The Morgan fingerprint density at radius 3 is 2.47 bits per heavy atom. The molecule has 6 nitrogen and oxygen atoms in total. The molecule has 1 spiro atoms. The lowest BCUT2D eigenvalue weighted by atomic mass is 9.95. The molecule has 0 radical (unpaired) electrons. The minimum Gasteiger partial charge on any atom is -0.378 e. The van der Waals surface area contributed by atoms with Gasteiger partial charge in [-0.2, -0.15) is 0 Å². The Kier molecular flexibility index (Phi) is 5.52. The van der Waals surface area contributed by atoms with Crippen LogP contribution in [0.2, 0.25) is 0 Å². The summed E-state index contributed by atoms with van der Waals surface area (Å²) in [7, 11) is 5.83. The monoisotopic (exact) mass is 406 g/mol. The van der Waals surface area contributed by atoms with Gasteiger partial charge in [-0.25, -0.2) is 0 Å². The Morgan fingerprint density at radius 1 is 1.10 bits per heavy atom. The number of nitrogens with zero attached hydrogens (tertiary/aromatic N) is 3. The van der Waals surface area contributed by atoms with Crippen LogP contribution in [0.1, 0.15) is 28.8 Å². The van der Waals surface area contributed by atoms with Gasteiger partial charge in [0.15, 0.2) is 0 Å². The molecule has 2 aliphatic heterocycles. The third kappa shape index (κ3) is 3.79. The molecular weight excluding hydrogens is 376 g/mol. The first-order chi connectivity index (χ1) is 14.4. The molecule has 0 saturated carbocycles. The molecule has 2 aromatic rings. The molecule has 30 heavy (non-hydrogen) atoms. The maximum Gasteiger partial charge on any atom is 0.253 e. The van der Waals surface area contributed by atoms with Gasteiger partial charge in [0, 0.05) is 58.3 Å². The molecule has 4 rings (SSSR count). The molecule has 2 fully saturated rings. The molecule has 2 aliphatic rings. The fourth-order valence-electron chi connectivity index (χ4n) is 4.57. The van der Waals surface area contributed by atoms with Gasteiger partial charge in [0.1, 0.15) is 0 Å². The Morgan fingerprint density at radius 2 is 1.80 bits per heavy atom. The van der Waals surface area contributed by atoms with E-state index in [0.717, 1.165) is 24.1 Å². The molecule has 1 unspecified atom stereocenters. The van der Waals surface area contributed by atoms with E-state index in [1.54, 1.807) is 0 Å². The number of amides is 2. The van der Waals surface area contributed by atoms with E-state index >= 15 is 0 Å². The van der Waals surface area contributed by atoms with Crippen molar-refractivity contribution in [1.82, 2.24) is 15.1 Å². The molecule has 6 heteroatoms. The molecule has 158 valence electrons. The van der Waals surface area contributed by atoms with Crippen LogP contribution in [-0.2, 0) is 11.2 Å². The normalized spacial score (nSPS) is 20.6. The van der Waals surface area contributed by atoms with Gasteiger partial charge in [-0.15, -0.1) is 0 Å². The molecule has 2 heterocycles. The Balaban J connectivity index is 1.42. The third-order valence-corrected chi connectivity index (χ3v) is 6.48. The van der Waals surface area contributed by atoms with E-state index < -0.39 is 0 Å². The van der Waals surface area contributed by atoms with Crippen LogP contribution < -0.4 is 10.2 Å². The molecule has 0 bridgehead atoms. The number of carbonyl (C=O) groups is 2. The molecule has 1 atom stereocenters. The van der Waals surface area contributed by atoms with Crippen LogP contribution in [0.4, 0.5) is 5.69 Å². The molecule has 0 aromatic heterocycles. The van der Waals surface area contributed by atoms with E-state index in [2.05, 4.69) is 17.4 Å². The first kappa shape index (κ1) is 20.4. The fraction of sp³-hybridized carbons (Fsp3) is 0.417. The molecule has 0 aliphatic carbocycles. The zero-order chi connectivity index (χ0) is 21.3. The number of likely N-dealkylation sites (N-methyl/N-ethyl adjacent to an activating group) is 1. The summed E-state index contributed by atoms with van der Waals surface area (Å²) in [5, 5.41) is 3.61. The van der Waals surface area contributed by atoms with Gasteiger partial charge < -0.3 is 14.7 Å². The Bertz CT molecular complexity index is 920. The first-order valence-corrected chi connectivity index (χ1v) is 10.6. The summed E-state index contributed by atoms with van der Waals surface area (Å²) in [6.07, 6.45) is 2.16. The van der Waals surface area contributed by atoms with E-state index in [9.17, 15) is 9.59 Å². The number of hydrogen-bond acceptors (Lipinski definition) is 4. The second kappa shape index (κ2) is 8.11. The van der Waals surface area contributed by atoms with Gasteiger partial charge in [-0.3, -0.25) is 14.9 Å². The minimum absolute atomic E-state index is 0.0568. The summed E-state index contributed by atoms with van der Waals surface area (Å²) in [5.41, 5.74) is 2.52. The van der Waals surface area contributed by atoms with Gasteiger partial charge in [0.05, 0.1) is 11.7 Å². The number of hydrogen-bond donors (Lipinski definition) is 1. The van der Waals surface area contributed by atoms with E-state index in [1.165, 1.54) is 0 Å². The van der Waals surface area contributed by atoms with Crippen molar-refractivity contribution in [2.75, 3.05) is 39.1 Å². The highest BCUT2D eigenvalue weighted by molar-refractivity contribution is 5.95. The number of likely N-dealkylation sites (tertiary alicyclic amines) is 1. The van der Waals surface area contributed by atoms with Crippen molar-refractivity contribution in [2.24, 2.45) is 0 Å². The van der Waals surface area contributed by atoms with Gasteiger partial charge in [-0.1, -0.05) is 36.4 Å². The average molecular weight is 407 g/mol. The van der Waals surface area contributed by atoms with Gasteiger partial charge in [0.25, 0.3) is 5.91 Å².